The molecule has 0 heterocycles. The van der Waals surface area contributed by atoms with Crippen LogP contribution in [0.15, 0.2) is 22.7 Å². The zero-order chi connectivity index (χ0) is 12.1. The molecule has 16 heavy (non-hydrogen) atoms. The first-order valence-corrected chi connectivity index (χ1v) is 6.46. The van der Waals surface area contributed by atoms with Gasteiger partial charge in [0.2, 0.25) is 0 Å². The van der Waals surface area contributed by atoms with Crippen LogP contribution in [0.25, 0.3) is 0 Å². The molecule has 90 valence electrons. The standard InChI is InChI=1S/C13H18BrFO/c1-3-4-9(2)5-13(16)10-6-11(14)8-12(15)7-10/h6-9,13,16H,3-5H2,1-2H3. The zero-order valence-corrected chi connectivity index (χ0v) is 11.3. The number of hydrogen-bond acceptors (Lipinski definition) is 1. The van der Waals surface area contributed by atoms with Crippen molar-refractivity contribution in [1.29, 1.82) is 0 Å². The van der Waals surface area contributed by atoms with Gasteiger partial charge in [0.15, 0.2) is 0 Å². The number of halogens is 2. The Morgan fingerprint density at radius 3 is 2.62 bits per heavy atom. The molecule has 0 aliphatic heterocycles. The van der Waals surface area contributed by atoms with E-state index >= 15 is 0 Å². The maximum Gasteiger partial charge on any atom is 0.124 e. The molecule has 0 amide bonds. The van der Waals surface area contributed by atoms with Crippen molar-refractivity contribution < 1.29 is 9.50 Å². The first-order chi connectivity index (χ1) is 7.52. The van der Waals surface area contributed by atoms with Gasteiger partial charge >= 0.3 is 0 Å². The Bertz CT molecular complexity index is 320. The number of aliphatic hydroxyl groups is 1. The van der Waals surface area contributed by atoms with Gasteiger partial charge in [-0.25, -0.2) is 4.39 Å². The van der Waals surface area contributed by atoms with E-state index in [1.807, 2.05) is 0 Å². The topological polar surface area (TPSA) is 20.2 Å². The van der Waals surface area contributed by atoms with E-state index in [-0.39, 0.29) is 5.82 Å². The number of benzene rings is 1. The Morgan fingerprint density at radius 1 is 1.38 bits per heavy atom. The van der Waals surface area contributed by atoms with E-state index in [1.54, 1.807) is 6.07 Å². The van der Waals surface area contributed by atoms with Crippen molar-refractivity contribution in [2.45, 2.75) is 39.2 Å². The molecule has 0 spiro atoms. The molecular weight excluding hydrogens is 271 g/mol. The van der Waals surface area contributed by atoms with Crippen LogP contribution >= 0.6 is 15.9 Å². The van der Waals surface area contributed by atoms with Gasteiger partial charge < -0.3 is 5.11 Å². The molecule has 1 aromatic carbocycles. The second kappa shape index (κ2) is 6.36. The van der Waals surface area contributed by atoms with Gasteiger partial charge in [-0.15, -0.1) is 0 Å². The highest BCUT2D eigenvalue weighted by Gasteiger charge is 2.13. The van der Waals surface area contributed by atoms with Crippen LogP contribution in [0.5, 0.6) is 0 Å². The molecule has 0 saturated heterocycles. The third kappa shape index (κ3) is 4.22. The Labute approximate surface area is 105 Å². The van der Waals surface area contributed by atoms with E-state index in [1.165, 1.54) is 12.1 Å². The maximum absolute atomic E-state index is 13.1. The average Bonchev–Trinajstić information content (AvgIpc) is 2.16. The highest BCUT2D eigenvalue weighted by molar-refractivity contribution is 9.10. The second-order valence-corrected chi connectivity index (χ2v) is 5.26. The van der Waals surface area contributed by atoms with Crippen molar-refractivity contribution in [3.05, 3.63) is 34.1 Å². The van der Waals surface area contributed by atoms with Crippen LogP contribution < -0.4 is 0 Å². The summed E-state index contributed by atoms with van der Waals surface area (Å²) in [6.07, 6.45) is 2.31. The van der Waals surface area contributed by atoms with Crippen LogP contribution in [0.1, 0.15) is 44.8 Å². The normalized spacial score (nSPS) is 14.8. The van der Waals surface area contributed by atoms with Crippen molar-refractivity contribution in [3.8, 4) is 0 Å². The van der Waals surface area contributed by atoms with E-state index in [0.717, 1.165) is 12.8 Å². The first-order valence-electron chi connectivity index (χ1n) is 5.67. The van der Waals surface area contributed by atoms with Gasteiger partial charge in [0, 0.05) is 4.47 Å². The molecule has 1 nitrogen and oxygen atoms in total. The van der Waals surface area contributed by atoms with E-state index in [4.69, 9.17) is 0 Å². The van der Waals surface area contributed by atoms with Gasteiger partial charge in [0.05, 0.1) is 6.10 Å². The smallest absolute Gasteiger partial charge is 0.124 e. The van der Waals surface area contributed by atoms with Crippen molar-refractivity contribution in [2.24, 2.45) is 5.92 Å². The van der Waals surface area contributed by atoms with Crippen LogP contribution in [0, 0.1) is 11.7 Å². The lowest BCUT2D eigenvalue weighted by Gasteiger charge is -2.16. The van der Waals surface area contributed by atoms with Gasteiger partial charge in [-0.2, -0.15) is 0 Å². The molecule has 0 fully saturated rings. The summed E-state index contributed by atoms with van der Waals surface area (Å²) in [7, 11) is 0. The van der Waals surface area contributed by atoms with Crippen molar-refractivity contribution in [1.82, 2.24) is 0 Å². The van der Waals surface area contributed by atoms with Crippen molar-refractivity contribution >= 4 is 15.9 Å². The minimum atomic E-state index is -0.575. The molecule has 0 aliphatic carbocycles. The van der Waals surface area contributed by atoms with Crippen molar-refractivity contribution in [2.75, 3.05) is 0 Å². The SMILES string of the molecule is CCCC(C)CC(O)c1cc(F)cc(Br)c1. The summed E-state index contributed by atoms with van der Waals surface area (Å²) in [5, 5.41) is 9.98. The van der Waals surface area contributed by atoms with Crippen LogP contribution in [0.3, 0.4) is 0 Å². The summed E-state index contributed by atoms with van der Waals surface area (Å²) in [4.78, 5) is 0. The third-order valence-electron chi connectivity index (χ3n) is 2.68. The Hall–Kier alpha value is -0.410. The molecule has 0 bridgehead atoms. The summed E-state index contributed by atoms with van der Waals surface area (Å²) < 4.78 is 13.8. The predicted octanol–water partition coefficient (Wildman–Crippen LogP) is 4.45. The second-order valence-electron chi connectivity index (χ2n) is 4.35. The number of rotatable bonds is 5. The monoisotopic (exact) mass is 288 g/mol. The lowest BCUT2D eigenvalue weighted by Crippen LogP contribution is -2.05. The summed E-state index contributed by atoms with van der Waals surface area (Å²) in [6, 6.07) is 4.56. The zero-order valence-electron chi connectivity index (χ0n) is 9.71. The fourth-order valence-corrected chi connectivity index (χ4v) is 2.38. The number of aliphatic hydroxyl groups excluding tert-OH is 1. The quantitative estimate of drug-likeness (QED) is 0.849. The van der Waals surface area contributed by atoms with Gasteiger partial charge in [0.1, 0.15) is 5.82 Å². The Kier molecular flexibility index (Phi) is 5.42. The summed E-state index contributed by atoms with van der Waals surface area (Å²) >= 11 is 3.23. The van der Waals surface area contributed by atoms with Crippen LogP contribution in [-0.2, 0) is 0 Å². The molecule has 0 saturated carbocycles. The van der Waals surface area contributed by atoms with E-state index in [0.29, 0.717) is 22.4 Å². The molecule has 2 unspecified atom stereocenters. The minimum Gasteiger partial charge on any atom is -0.388 e. The molecule has 1 aromatic rings. The fourth-order valence-electron chi connectivity index (χ4n) is 1.90. The molecule has 1 rings (SSSR count). The molecule has 0 aliphatic rings. The first kappa shape index (κ1) is 13.7. The average molecular weight is 289 g/mol. The molecular formula is C13H18BrFO. The summed E-state index contributed by atoms with van der Waals surface area (Å²) in [5.41, 5.74) is 0.648. The van der Waals surface area contributed by atoms with Gasteiger partial charge in [-0.05, 0) is 36.1 Å². The highest BCUT2D eigenvalue weighted by atomic mass is 79.9. The van der Waals surface area contributed by atoms with E-state index in [2.05, 4.69) is 29.8 Å². The molecule has 0 radical (unpaired) electrons. The lowest BCUT2D eigenvalue weighted by atomic mass is 9.95. The van der Waals surface area contributed by atoms with Crippen LogP contribution in [-0.4, -0.2) is 5.11 Å². The van der Waals surface area contributed by atoms with Crippen molar-refractivity contribution in [3.63, 3.8) is 0 Å². The minimum absolute atomic E-state index is 0.313. The van der Waals surface area contributed by atoms with Gasteiger partial charge in [-0.3, -0.25) is 0 Å². The largest absolute Gasteiger partial charge is 0.388 e. The molecule has 0 aromatic heterocycles. The fraction of sp³-hybridized carbons (Fsp3) is 0.538. The predicted molar refractivity (Wildman–Crippen MR) is 67.7 cm³/mol. The Morgan fingerprint density at radius 2 is 2.06 bits per heavy atom. The molecule has 3 heteroatoms. The van der Waals surface area contributed by atoms with Crippen LogP contribution in [0.4, 0.5) is 4.39 Å². The van der Waals surface area contributed by atoms with Gasteiger partial charge in [0.25, 0.3) is 0 Å². The highest BCUT2D eigenvalue weighted by Crippen LogP contribution is 2.26. The Balaban J connectivity index is 2.68. The van der Waals surface area contributed by atoms with Crippen LogP contribution in [0.2, 0.25) is 0 Å². The summed E-state index contributed by atoms with van der Waals surface area (Å²) in [5.74, 6) is 0.147. The summed E-state index contributed by atoms with van der Waals surface area (Å²) in [6.45, 7) is 4.24. The molecule has 2 atom stereocenters. The number of hydrogen-bond donors (Lipinski definition) is 1. The lowest BCUT2D eigenvalue weighted by molar-refractivity contribution is 0.144. The van der Waals surface area contributed by atoms with Gasteiger partial charge in [-0.1, -0.05) is 42.6 Å². The van der Waals surface area contributed by atoms with E-state index < -0.39 is 6.10 Å². The molecule has 1 N–H and O–H groups in total. The third-order valence-corrected chi connectivity index (χ3v) is 3.13. The maximum atomic E-state index is 13.1. The van der Waals surface area contributed by atoms with E-state index in [9.17, 15) is 9.50 Å².